The van der Waals surface area contributed by atoms with E-state index < -0.39 is 10.0 Å². The molecule has 1 fully saturated rings. The van der Waals surface area contributed by atoms with Crippen molar-refractivity contribution in [2.24, 2.45) is 0 Å². The standard InChI is InChI=1S/C19H21N3O3S/c1-14-17-13-16(7-8-18(17)20-19(14)23)26(24,25)22-11-9-21(10-12-22)15-5-3-2-4-6-15/h2-8,13-14H,9-12H2,1H3,(H,20,23)/t14-/m1/s1. The lowest BCUT2D eigenvalue weighted by molar-refractivity contribution is -0.116. The zero-order chi connectivity index (χ0) is 18.3. The minimum atomic E-state index is -3.56. The molecule has 1 saturated heterocycles. The molecule has 0 aromatic heterocycles. The van der Waals surface area contributed by atoms with E-state index in [2.05, 4.69) is 10.2 Å². The van der Waals surface area contributed by atoms with E-state index in [0.29, 0.717) is 31.9 Å². The second-order valence-electron chi connectivity index (χ2n) is 6.69. The van der Waals surface area contributed by atoms with Crippen molar-refractivity contribution in [3.8, 4) is 0 Å². The summed E-state index contributed by atoms with van der Waals surface area (Å²) in [6.07, 6.45) is 0. The van der Waals surface area contributed by atoms with Gasteiger partial charge in [-0.2, -0.15) is 4.31 Å². The fourth-order valence-corrected chi connectivity index (χ4v) is 4.99. The predicted octanol–water partition coefficient (Wildman–Crippen LogP) is 2.25. The van der Waals surface area contributed by atoms with Gasteiger partial charge >= 0.3 is 0 Å². The third-order valence-electron chi connectivity index (χ3n) is 5.14. The molecule has 4 rings (SSSR count). The highest BCUT2D eigenvalue weighted by Crippen LogP contribution is 2.34. The maximum Gasteiger partial charge on any atom is 0.243 e. The fourth-order valence-electron chi connectivity index (χ4n) is 3.53. The van der Waals surface area contributed by atoms with Crippen molar-refractivity contribution in [1.82, 2.24) is 4.31 Å². The molecule has 7 heteroatoms. The quantitative estimate of drug-likeness (QED) is 0.898. The first kappa shape index (κ1) is 17.1. The van der Waals surface area contributed by atoms with Crippen LogP contribution in [0, 0.1) is 0 Å². The Balaban J connectivity index is 1.53. The first-order chi connectivity index (χ1) is 12.5. The Hall–Kier alpha value is -2.38. The number of para-hydroxylation sites is 1. The number of fused-ring (bicyclic) bond motifs is 1. The SMILES string of the molecule is C[C@H]1C(=O)Nc2ccc(S(=O)(=O)N3CCN(c4ccccc4)CC3)cc21. The molecule has 2 aromatic rings. The Morgan fingerprint density at radius 2 is 1.69 bits per heavy atom. The van der Waals surface area contributed by atoms with E-state index in [-0.39, 0.29) is 16.7 Å². The smallest absolute Gasteiger partial charge is 0.243 e. The van der Waals surface area contributed by atoms with Crippen molar-refractivity contribution in [3.63, 3.8) is 0 Å². The second-order valence-corrected chi connectivity index (χ2v) is 8.62. The minimum Gasteiger partial charge on any atom is -0.369 e. The summed E-state index contributed by atoms with van der Waals surface area (Å²) in [7, 11) is -3.56. The van der Waals surface area contributed by atoms with Gasteiger partial charge in [0.2, 0.25) is 15.9 Å². The van der Waals surface area contributed by atoms with E-state index >= 15 is 0 Å². The van der Waals surface area contributed by atoms with Crippen LogP contribution >= 0.6 is 0 Å². The van der Waals surface area contributed by atoms with Crippen LogP contribution in [0.15, 0.2) is 53.4 Å². The van der Waals surface area contributed by atoms with Crippen molar-refractivity contribution in [2.45, 2.75) is 17.7 Å². The molecule has 1 atom stereocenters. The van der Waals surface area contributed by atoms with E-state index in [1.165, 1.54) is 4.31 Å². The van der Waals surface area contributed by atoms with Gasteiger partial charge in [0, 0.05) is 37.6 Å². The Bertz CT molecular complexity index is 936. The maximum atomic E-state index is 13.0. The Morgan fingerprint density at radius 1 is 1.00 bits per heavy atom. The Morgan fingerprint density at radius 3 is 2.38 bits per heavy atom. The van der Waals surface area contributed by atoms with Crippen LogP contribution in [0.1, 0.15) is 18.4 Å². The van der Waals surface area contributed by atoms with Crippen molar-refractivity contribution < 1.29 is 13.2 Å². The molecular weight excluding hydrogens is 350 g/mol. The lowest BCUT2D eigenvalue weighted by Crippen LogP contribution is -2.48. The molecule has 0 unspecified atom stereocenters. The number of piperazine rings is 1. The minimum absolute atomic E-state index is 0.0916. The number of rotatable bonds is 3. The summed E-state index contributed by atoms with van der Waals surface area (Å²) in [6, 6.07) is 14.9. The number of amides is 1. The lowest BCUT2D eigenvalue weighted by atomic mass is 10.0. The summed E-state index contributed by atoms with van der Waals surface area (Å²) in [5, 5.41) is 2.78. The number of carbonyl (C=O) groups excluding carboxylic acids is 1. The van der Waals surface area contributed by atoms with Gasteiger partial charge in [-0.1, -0.05) is 18.2 Å². The fraction of sp³-hybridized carbons (Fsp3) is 0.316. The molecule has 1 amide bonds. The van der Waals surface area contributed by atoms with Gasteiger partial charge in [0.05, 0.1) is 10.8 Å². The zero-order valence-electron chi connectivity index (χ0n) is 14.6. The number of nitrogens with zero attached hydrogens (tertiary/aromatic N) is 2. The molecule has 2 aliphatic heterocycles. The third kappa shape index (κ3) is 2.87. The van der Waals surface area contributed by atoms with Gasteiger partial charge in [0.1, 0.15) is 0 Å². The second kappa shape index (κ2) is 6.41. The van der Waals surface area contributed by atoms with Crippen LogP contribution in [0.5, 0.6) is 0 Å². The van der Waals surface area contributed by atoms with E-state index in [9.17, 15) is 13.2 Å². The van der Waals surface area contributed by atoms with Crippen LogP contribution in [0.4, 0.5) is 11.4 Å². The topological polar surface area (TPSA) is 69.7 Å². The molecule has 0 radical (unpaired) electrons. The van der Waals surface area contributed by atoms with Crippen LogP contribution in [-0.4, -0.2) is 44.8 Å². The van der Waals surface area contributed by atoms with E-state index in [0.717, 1.165) is 11.3 Å². The highest BCUT2D eigenvalue weighted by molar-refractivity contribution is 7.89. The first-order valence-corrected chi connectivity index (χ1v) is 10.2. The molecule has 0 aliphatic carbocycles. The van der Waals surface area contributed by atoms with E-state index in [1.54, 1.807) is 25.1 Å². The summed E-state index contributed by atoms with van der Waals surface area (Å²) in [6.45, 7) is 3.99. The van der Waals surface area contributed by atoms with Gasteiger partial charge in [-0.3, -0.25) is 4.79 Å². The molecule has 136 valence electrons. The first-order valence-electron chi connectivity index (χ1n) is 8.72. The molecule has 2 aromatic carbocycles. The number of benzene rings is 2. The summed E-state index contributed by atoms with van der Waals surface area (Å²) in [5.74, 6) is -0.416. The number of hydrogen-bond donors (Lipinski definition) is 1. The van der Waals surface area contributed by atoms with Gasteiger partial charge in [0.15, 0.2) is 0 Å². The zero-order valence-corrected chi connectivity index (χ0v) is 15.4. The number of hydrogen-bond acceptors (Lipinski definition) is 4. The van der Waals surface area contributed by atoms with Crippen LogP contribution in [-0.2, 0) is 14.8 Å². The maximum absolute atomic E-state index is 13.0. The third-order valence-corrected chi connectivity index (χ3v) is 7.03. The normalized spacial score (nSPS) is 20.7. The molecule has 1 N–H and O–H groups in total. The van der Waals surface area contributed by atoms with Crippen LogP contribution in [0.25, 0.3) is 0 Å². The average Bonchev–Trinajstić information content (AvgIpc) is 2.96. The average molecular weight is 371 g/mol. The van der Waals surface area contributed by atoms with Gasteiger partial charge in [-0.15, -0.1) is 0 Å². The molecule has 2 heterocycles. The summed E-state index contributed by atoms with van der Waals surface area (Å²) in [4.78, 5) is 14.2. The molecule has 2 aliphatic rings. The van der Waals surface area contributed by atoms with Crippen LogP contribution in [0.3, 0.4) is 0 Å². The van der Waals surface area contributed by atoms with E-state index in [1.807, 2.05) is 30.3 Å². The van der Waals surface area contributed by atoms with E-state index in [4.69, 9.17) is 0 Å². The van der Waals surface area contributed by atoms with Crippen LogP contribution < -0.4 is 10.2 Å². The van der Waals surface area contributed by atoms with Crippen molar-refractivity contribution in [3.05, 3.63) is 54.1 Å². The molecule has 0 saturated carbocycles. The van der Waals surface area contributed by atoms with Gasteiger partial charge in [0.25, 0.3) is 0 Å². The largest absolute Gasteiger partial charge is 0.369 e. The molecule has 0 spiro atoms. The Labute approximate surface area is 153 Å². The van der Waals surface area contributed by atoms with Crippen molar-refractivity contribution in [2.75, 3.05) is 36.4 Å². The van der Waals surface area contributed by atoms with Gasteiger partial charge in [-0.05, 0) is 42.8 Å². The number of carbonyl (C=O) groups is 1. The summed E-state index contributed by atoms with van der Waals surface area (Å²) < 4.78 is 27.6. The van der Waals surface area contributed by atoms with Gasteiger partial charge in [-0.25, -0.2) is 8.42 Å². The predicted molar refractivity (Wildman–Crippen MR) is 101 cm³/mol. The summed E-state index contributed by atoms with van der Waals surface area (Å²) >= 11 is 0. The highest BCUT2D eigenvalue weighted by Gasteiger charge is 2.32. The number of nitrogens with one attached hydrogen (secondary N) is 1. The van der Waals surface area contributed by atoms with Gasteiger partial charge < -0.3 is 10.2 Å². The molecule has 6 nitrogen and oxygen atoms in total. The summed E-state index contributed by atoms with van der Waals surface area (Å²) in [5.41, 5.74) is 2.56. The number of sulfonamides is 1. The Kier molecular flexibility index (Phi) is 4.20. The number of anilines is 2. The lowest BCUT2D eigenvalue weighted by Gasteiger charge is -2.35. The van der Waals surface area contributed by atoms with Crippen LogP contribution in [0.2, 0.25) is 0 Å². The highest BCUT2D eigenvalue weighted by atomic mass is 32.2. The van der Waals surface area contributed by atoms with Crippen molar-refractivity contribution in [1.29, 1.82) is 0 Å². The molecular formula is C19H21N3O3S. The monoisotopic (exact) mass is 371 g/mol. The molecule has 0 bridgehead atoms. The van der Waals surface area contributed by atoms with Crippen molar-refractivity contribution >= 4 is 27.3 Å². The molecule has 26 heavy (non-hydrogen) atoms.